The van der Waals surface area contributed by atoms with Crippen molar-refractivity contribution in [1.29, 1.82) is 0 Å². The third kappa shape index (κ3) is 3.40. The monoisotopic (exact) mass is 322 g/mol. The Bertz CT molecular complexity index is 821. The van der Waals surface area contributed by atoms with Gasteiger partial charge in [0.25, 0.3) is 0 Å². The first-order chi connectivity index (χ1) is 10.1. The zero-order valence-electron chi connectivity index (χ0n) is 11.1. The Morgan fingerprint density at radius 1 is 1.05 bits per heavy atom. The van der Waals surface area contributed by atoms with Crippen LogP contribution in [0.2, 0.25) is 0 Å². The molecular formula is C17H14CaO4. The molecule has 22 heavy (non-hydrogen) atoms. The van der Waals surface area contributed by atoms with Gasteiger partial charge in [-0.05, 0) is 23.8 Å². The van der Waals surface area contributed by atoms with Gasteiger partial charge in [-0.15, -0.1) is 0 Å². The number of rotatable bonds is 4. The Morgan fingerprint density at radius 2 is 1.77 bits per heavy atom. The van der Waals surface area contributed by atoms with Crippen LogP contribution in [0.5, 0.6) is 0 Å². The summed E-state index contributed by atoms with van der Waals surface area (Å²) in [5.74, 6) is -1.11. The molecule has 0 unspecified atom stereocenters. The Morgan fingerprint density at radius 3 is 2.45 bits per heavy atom. The molecule has 1 N–H and O–H groups in total. The summed E-state index contributed by atoms with van der Waals surface area (Å²) in [5.41, 5.74) is 2.00. The fourth-order valence-corrected chi connectivity index (χ4v) is 2.33. The number of ketones is 1. The second-order valence-corrected chi connectivity index (χ2v) is 4.75. The minimum atomic E-state index is -0.934. The fraction of sp³-hybridized carbons (Fsp3) is 0.0588. The van der Waals surface area contributed by atoms with E-state index in [1.54, 1.807) is 42.5 Å². The molecule has 2 aromatic carbocycles. The fourth-order valence-electron chi connectivity index (χ4n) is 2.33. The Labute approximate surface area is 156 Å². The van der Waals surface area contributed by atoms with Crippen molar-refractivity contribution in [1.82, 2.24) is 0 Å². The van der Waals surface area contributed by atoms with Crippen LogP contribution >= 0.6 is 0 Å². The molecule has 0 fully saturated rings. The van der Waals surface area contributed by atoms with E-state index in [0.717, 1.165) is 5.39 Å². The van der Waals surface area contributed by atoms with Crippen molar-refractivity contribution in [2.24, 2.45) is 0 Å². The van der Waals surface area contributed by atoms with Crippen molar-refractivity contribution < 1.29 is 19.1 Å². The van der Waals surface area contributed by atoms with E-state index in [1.807, 2.05) is 6.07 Å². The molecule has 0 bridgehead atoms. The summed E-state index contributed by atoms with van der Waals surface area (Å²) in [6.07, 6.45) is 1.37. The maximum atomic E-state index is 12.6. The van der Waals surface area contributed by atoms with Gasteiger partial charge in [0, 0.05) is 10.9 Å². The molecule has 4 nitrogen and oxygen atoms in total. The van der Waals surface area contributed by atoms with E-state index < -0.39 is 5.97 Å². The second kappa shape index (κ2) is 7.09. The van der Waals surface area contributed by atoms with Gasteiger partial charge < -0.3 is 9.52 Å². The number of fused-ring (bicyclic) bond motifs is 1. The summed E-state index contributed by atoms with van der Waals surface area (Å²) in [6, 6.07) is 13.9. The maximum absolute atomic E-state index is 12.6. The van der Waals surface area contributed by atoms with Crippen molar-refractivity contribution in [3.05, 3.63) is 71.5 Å². The van der Waals surface area contributed by atoms with Crippen LogP contribution in [0.4, 0.5) is 0 Å². The predicted octanol–water partition coefficient (Wildman–Crippen LogP) is 2.37. The van der Waals surface area contributed by atoms with Crippen LogP contribution in [0.15, 0.2) is 59.2 Å². The van der Waals surface area contributed by atoms with E-state index in [-0.39, 0.29) is 49.9 Å². The first-order valence-electron chi connectivity index (χ1n) is 6.47. The van der Waals surface area contributed by atoms with Gasteiger partial charge in [-0.25, -0.2) is 0 Å². The third-order valence-corrected chi connectivity index (χ3v) is 3.25. The Kier molecular flexibility index (Phi) is 5.40. The number of hydrogen-bond donors (Lipinski definition) is 1. The second-order valence-electron chi connectivity index (χ2n) is 4.75. The summed E-state index contributed by atoms with van der Waals surface area (Å²) in [4.78, 5) is 23.5. The molecule has 0 aliphatic rings. The summed E-state index contributed by atoms with van der Waals surface area (Å²) in [5, 5.41) is 9.66. The first-order valence-corrected chi connectivity index (χ1v) is 6.47. The van der Waals surface area contributed by atoms with Crippen LogP contribution in [-0.4, -0.2) is 54.6 Å². The molecule has 108 valence electrons. The average molecular weight is 322 g/mol. The van der Waals surface area contributed by atoms with Crippen molar-refractivity contribution in [3.63, 3.8) is 0 Å². The topological polar surface area (TPSA) is 67.5 Å². The van der Waals surface area contributed by atoms with Gasteiger partial charge in [0.05, 0.1) is 18.2 Å². The van der Waals surface area contributed by atoms with Crippen molar-refractivity contribution in [2.75, 3.05) is 0 Å². The van der Waals surface area contributed by atoms with Gasteiger partial charge in [0.2, 0.25) is 0 Å². The van der Waals surface area contributed by atoms with Crippen LogP contribution in [-0.2, 0) is 11.2 Å². The van der Waals surface area contributed by atoms with Gasteiger partial charge in [-0.2, -0.15) is 0 Å². The molecule has 1 heterocycles. The molecule has 0 saturated heterocycles. The van der Waals surface area contributed by atoms with Gasteiger partial charge in [-0.3, -0.25) is 9.59 Å². The molecule has 3 aromatic rings. The van der Waals surface area contributed by atoms with Crippen LogP contribution in [0.1, 0.15) is 21.5 Å². The van der Waals surface area contributed by atoms with E-state index in [2.05, 4.69) is 0 Å². The number of carbonyl (C=O) groups is 2. The number of benzene rings is 2. The predicted molar refractivity (Wildman–Crippen MR) is 86.0 cm³/mol. The number of carboxylic acids is 1. The summed E-state index contributed by atoms with van der Waals surface area (Å²) >= 11 is 0. The molecule has 0 spiro atoms. The zero-order chi connectivity index (χ0) is 14.8. The van der Waals surface area contributed by atoms with E-state index in [1.165, 1.54) is 6.26 Å². The molecule has 0 aliphatic carbocycles. The third-order valence-electron chi connectivity index (χ3n) is 3.25. The number of carbonyl (C=O) groups excluding carboxylic acids is 1. The number of furan rings is 1. The van der Waals surface area contributed by atoms with Gasteiger partial charge in [0.1, 0.15) is 5.58 Å². The SMILES string of the molecule is O=C(O)Cc1cc(C(=O)c2ccccc2)c2occc2c1.[CaH2]. The molecule has 0 saturated carbocycles. The summed E-state index contributed by atoms with van der Waals surface area (Å²) in [7, 11) is 0. The number of hydrogen-bond acceptors (Lipinski definition) is 3. The zero-order valence-corrected chi connectivity index (χ0v) is 11.1. The molecule has 0 aliphatic heterocycles. The molecule has 0 amide bonds. The minimum absolute atomic E-state index is 0. The molecule has 0 radical (unpaired) electrons. The quantitative estimate of drug-likeness (QED) is 0.591. The van der Waals surface area contributed by atoms with Crippen molar-refractivity contribution in [3.8, 4) is 0 Å². The van der Waals surface area contributed by atoms with Crippen LogP contribution in [0, 0.1) is 0 Å². The number of aliphatic carboxylic acids is 1. The molecule has 1 aromatic heterocycles. The molecular weight excluding hydrogens is 308 g/mol. The van der Waals surface area contributed by atoms with Crippen molar-refractivity contribution in [2.45, 2.75) is 6.42 Å². The van der Waals surface area contributed by atoms with Crippen LogP contribution in [0.25, 0.3) is 11.0 Å². The molecule has 0 atom stereocenters. The average Bonchev–Trinajstić information content (AvgIpc) is 2.94. The Hall–Kier alpha value is -1.62. The normalized spacial score (nSPS) is 10.2. The van der Waals surface area contributed by atoms with Gasteiger partial charge in [0.15, 0.2) is 5.78 Å². The number of carboxylic acid groups (broad SMARTS) is 1. The van der Waals surface area contributed by atoms with Gasteiger partial charge in [-0.1, -0.05) is 30.3 Å². The standard InChI is InChI=1S/C17H12O4.Ca.2H/c18-15(19)10-11-8-13-6-7-21-17(13)14(9-11)16(20)12-4-2-1-3-5-12;;;/h1-9H,10H2,(H,18,19);;;. The van der Waals surface area contributed by atoms with Gasteiger partial charge >= 0.3 is 43.7 Å². The van der Waals surface area contributed by atoms with E-state index in [4.69, 9.17) is 9.52 Å². The summed E-state index contributed by atoms with van der Waals surface area (Å²) < 4.78 is 5.38. The van der Waals surface area contributed by atoms with Crippen LogP contribution in [0.3, 0.4) is 0 Å². The van der Waals surface area contributed by atoms with E-state index >= 15 is 0 Å². The first kappa shape index (κ1) is 16.7. The molecule has 5 heteroatoms. The van der Waals surface area contributed by atoms with Crippen molar-refractivity contribution >= 4 is 60.5 Å². The Balaban J connectivity index is 0.00000176. The van der Waals surface area contributed by atoms with E-state index in [9.17, 15) is 9.59 Å². The molecule has 3 rings (SSSR count). The van der Waals surface area contributed by atoms with Crippen LogP contribution < -0.4 is 0 Å². The summed E-state index contributed by atoms with van der Waals surface area (Å²) in [6.45, 7) is 0. The van der Waals surface area contributed by atoms with E-state index in [0.29, 0.717) is 22.3 Å².